The summed E-state index contributed by atoms with van der Waals surface area (Å²) < 4.78 is 0. The Balaban J connectivity index is 1.81. The first-order valence-corrected chi connectivity index (χ1v) is 8.96. The molecule has 0 aromatic heterocycles. The first kappa shape index (κ1) is 17.5. The van der Waals surface area contributed by atoms with E-state index in [1.807, 2.05) is 24.3 Å². The zero-order chi connectivity index (χ0) is 18.0. The van der Waals surface area contributed by atoms with Crippen LogP contribution >= 0.6 is 0 Å². The molecule has 6 nitrogen and oxygen atoms in total. The van der Waals surface area contributed by atoms with Gasteiger partial charge in [-0.05, 0) is 36.8 Å². The summed E-state index contributed by atoms with van der Waals surface area (Å²) in [5.41, 5.74) is 0.957. The molecule has 1 heterocycles. The Hall–Kier alpha value is -2.37. The molecular weight excluding hydrogens is 318 g/mol. The molecule has 1 atom stereocenters. The van der Waals surface area contributed by atoms with Crippen molar-refractivity contribution >= 4 is 17.8 Å². The maximum absolute atomic E-state index is 13.1. The number of nitrogens with zero attached hydrogens (tertiary/aromatic N) is 2. The van der Waals surface area contributed by atoms with Crippen LogP contribution in [0, 0.1) is 0 Å². The lowest BCUT2D eigenvalue weighted by Gasteiger charge is -2.33. The zero-order valence-electron chi connectivity index (χ0n) is 14.9. The van der Waals surface area contributed by atoms with E-state index in [0.717, 1.165) is 41.7 Å². The molecular formula is C19H25N3O3. The SMILES string of the molecule is CCCCN(C)C(=O)CN1C(=O)N[C@]2(CCCc3ccccc32)C1=O. The number of hydrogen-bond donors (Lipinski definition) is 1. The standard InChI is InChI=1S/C19H25N3O3/c1-3-4-12-21(2)16(23)13-22-17(24)19(20-18(22)25)11-7-9-14-8-5-6-10-15(14)19/h5-6,8,10H,3-4,7,9,11-13H2,1-2H3,(H,20,25)/t19-/m0/s1. The summed E-state index contributed by atoms with van der Waals surface area (Å²) in [6, 6.07) is 7.27. The molecule has 1 N–H and O–H groups in total. The Labute approximate surface area is 148 Å². The van der Waals surface area contributed by atoms with Gasteiger partial charge in [0, 0.05) is 13.6 Å². The van der Waals surface area contributed by atoms with Crippen LogP contribution in [0.2, 0.25) is 0 Å². The first-order valence-electron chi connectivity index (χ1n) is 8.96. The van der Waals surface area contributed by atoms with Crippen LogP contribution in [-0.2, 0) is 21.5 Å². The minimum Gasteiger partial charge on any atom is -0.344 e. The van der Waals surface area contributed by atoms with Crippen molar-refractivity contribution < 1.29 is 14.4 Å². The minimum atomic E-state index is -1.01. The van der Waals surface area contributed by atoms with Crippen LogP contribution < -0.4 is 5.32 Å². The second kappa shape index (κ2) is 6.86. The van der Waals surface area contributed by atoms with Crippen LogP contribution in [0.1, 0.15) is 43.7 Å². The molecule has 1 fully saturated rings. The summed E-state index contributed by atoms with van der Waals surface area (Å²) in [6.45, 7) is 2.49. The largest absolute Gasteiger partial charge is 0.344 e. The van der Waals surface area contributed by atoms with Gasteiger partial charge in [0.2, 0.25) is 5.91 Å². The molecule has 1 aromatic carbocycles. The molecule has 0 saturated carbocycles. The van der Waals surface area contributed by atoms with Gasteiger partial charge in [-0.1, -0.05) is 37.6 Å². The van der Waals surface area contributed by atoms with Crippen molar-refractivity contribution in [1.29, 1.82) is 0 Å². The van der Waals surface area contributed by atoms with E-state index in [1.54, 1.807) is 11.9 Å². The van der Waals surface area contributed by atoms with E-state index in [2.05, 4.69) is 12.2 Å². The van der Waals surface area contributed by atoms with Gasteiger partial charge in [0.25, 0.3) is 5.91 Å². The molecule has 4 amide bonds. The lowest BCUT2D eigenvalue weighted by Crippen LogP contribution is -2.47. The van der Waals surface area contributed by atoms with Crippen molar-refractivity contribution in [3.05, 3.63) is 35.4 Å². The molecule has 1 spiro atoms. The molecule has 3 rings (SSSR count). The number of rotatable bonds is 5. The molecule has 1 saturated heterocycles. The number of amides is 4. The van der Waals surface area contributed by atoms with Gasteiger partial charge >= 0.3 is 6.03 Å². The highest BCUT2D eigenvalue weighted by Gasteiger charge is 2.54. The highest BCUT2D eigenvalue weighted by Crippen LogP contribution is 2.39. The van der Waals surface area contributed by atoms with Gasteiger partial charge in [0.1, 0.15) is 12.1 Å². The number of imide groups is 1. The van der Waals surface area contributed by atoms with Crippen LogP contribution in [-0.4, -0.2) is 47.8 Å². The second-order valence-corrected chi connectivity index (χ2v) is 6.91. The van der Waals surface area contributed by atoms with Crippen molar-refractivity contribution in [3.8, 4) is 0 Å². The maximum Gasteiger partial charge on any atom is 0.325 e. The van der Waals surface area contributed by atoms with E-state index in [0.29, 0.717) is 13.0 Å². The predicted octanol–water partition coefficient (Wildman–Crippen LogP) is 2.03. The molecule has 25 heavy (non-hydrogen) atoms. The summed E-state index contributed by atoms with van der Waals surface area (Å²) in [4.78, 5) is 40.6. The van der Waals surface area contributed by atoms with Gasteiger partial charge in [-0.2, -0.15) is 0 Å². The van der Waals surface area contributed by atoms with Crippen LogP contribution in [0.25, 0.3) is 0 Å². The number of fused-ring (bicyclic) bond motifs is 2. The Kier molecular flexibility index (Phi) is 4.79. The van der Waals surface area contributed by atoms with E-state index in [1.165, 1.54) is 0 Å². The van der Waals surface area contributed by atoms with E-state index in [9.17, 15) is 14.4 Å². The maximum atomic E-state index is 13.1. The molecule has 1 aromatic rings. The van der Waals surface area contributed by atoms with Gasteiger partial charge in [0.05, 0.1) is 0 Å². The quantitative estimate of drug-likeness (QED) is 0.832. The fourth-order valence-electron chi connectivity index (χ4n) is 3.73. The molecule has 0 radical (unpaired) electrons. The third-order valence-corrected chi connectivity index (χ3v) is 5.22. The smallest absolute Gasteiger partial charge is 0.325 e. The predicted molar refractivity (Wildman–Crippen MR) is 93.8 cm³/mol. The highest BCUT2D eigenvalue weighted by molar-refractivity contribution is 6.09. The van der Waals surface area contributed by atoms with Crippen LogP contribution in [0.15, 0.2) is 24.3 Å². The molecule has 6 heteroatoms. The average molecular weight is 343 g/mol. The van der Waals surface area contributed by atoms with E-state index in [-0.39, 0.29) is 18.4 Å². The summed E-state index contributed by atoms with van der Waals surface area (Å²) in [7, 11) is 1.71. The number of aryl methyl sites for hydroxylation is 1. The lowest BCUT2D eigenvalue weighted by atomic mass is 9.76. The summed E-state index contributed by atoms with van der Waals surface area (Å²) in [5, 5.41) is 2.88. The molecule has 1 aliphatic heterocycles. The summed E-state index contributed by atoms with van der Waals surface area (Å²) in [5.74, 6) is -0.514. The van der Waals surface area contributed by atoms with E-state index < -0.39 is 11.6 Å². The first-order chi connectivity index (χ1) is 12.0. The zero-order valence-corrected chi connectivity index (χ0v) is 14.9. The molecule has 0 unspecified atom stereocenters. The molecule has 2 aliphatic rings. The fraction of sp³-hybridized carbons (Fsp3) is 0.526. The monoisotopic (exact) mass is 343 g/mol. The van der Waals surface area contributed by atoms with Gasteiger partial charge in [-0.15, -0.1) is 0 Å². The average Bonchev–Trinajstić information content (AvgIpc) is 2.85. The van der Waals surface area contributed by atoms with E-state index in [4.69, 9.17) is 0 Å². The Morgan fingerprint density at radius 1 is 1.32 bits per heavy atom. The Morgan fingerprint density at radius 3 is 2.84 bits per heavy atom. The van der Waals surface area contributed by atoms with Gasteiger partial charge < -0.3 is 10.2 Å². The van der Waals surface area contributed by atoms with Crippen LogP contribution in [0.3, 0.4) is 0 Å². The summed E-state index contributed by atoms with van der Waals surface area (Å²) >= 11 is 0. The number of urea groups is 1. The second-order valence-electron chi connectivity index (χ2n) is 6.91. The van der Waals surface area contributed by atoms with Crippen molar-refractivity contribution in [2.75, 3.05) is 20.1 Å². The third kappa shape index (κ3) is 3.01. The van der Waals surface area contributed by atoms with Crippen molar-refractivity contribution in [3.63, 3.8) is 0 Å². The summed E-state index contributed by atoms with van der Waals surface area (Å²) in [6.07, 6.45) is 4.20. The van der Waals surface area contributed by atoms with Crippen molar-refractivity contribution in [1.82, 2.24) is 15.1 Å². The number of hydrogen-bond acceptors (Lipinski definition) is 3. The lowest BCUT2D eigenvalue weighted by molar-refractivity contribution is -0.138. The third-order valence-electron chi connectivity index (χ3n) is 5.22. The number of unbranched alkanes of at least 4 members (excludes halogenated alkanes) is 1. The van der Waals surface area contributed by atoms with Crippen molar-refractivity contribution in [2.45, 2.75) is 44.6 Å². The van der Waals surface area contributed by atoms with E-state index >= 15 is 0 Å². The highest BCUT2D eigenvalue weighted by atomic mass is 16.2. The topological polar surface area (TPSA) is 69.7 Å². The van der Waals surface area contributed by atoms with Gasteiger partial charge in [0.15, 0.2) is 0 Å². The van der Waals surface area contributed by atoms with Gasteiger partial charge in [-0.25, -0.2) is 4.79 Å². The molecule has 1 aliphatic carbocycles. The normalized spacial score (nSPS) is 22.1. The Bertz CT molecular complexity index is 703. The fourth-order valence-corrected chi connectivity index (χ4v) is 3.73. The molecule has 134 valence electrons. The van der Waals surface area contributed by atoms with Crippen LogP contribution in [0.5, 0.6) is 0 Å². The number of likely N-dealkylation sites (N-methyl/N-ethyl adjacent to an activating group) is 1. The molecule has 0 bridgehead atoms. The number of carbonyl (C=O) groups is 3. The Morgan fingerprint density at radius 2 is 2.08 bits per heavy atom. The minimum absolute atomic E-state index is 0.200. The number of nitrogens with one attached hydrogen (secondary N) is 1. The van der Waals surface area contributed by atoms with Gasteiger partial charge in [-0.3, -0.25) is 14.5 Å². The van der Waals surface area contributed by atoms with Crippen molar-refractivity contribution in [2.24, 2.45) is 0 Å². The number of benzene rings is 1. The van der Waals surface area contributed by atoms with Crippen LogP contribution in [0.4, 0.5) is 4.79 Å². The number of carbonyl (C=O) groups excluding carboxylic acids is 3.